The van der Waals surface area contributed by atoms with E-state index >= 15 is 0 Å². The van der Waals surface area contributed by atoms with E-state index in [4.69, 9.17) is 25.8 Å². The number of ether oxygens (including phenoxy) is 3. The molecule has 1 N–H and O–H groups in total. The van der Waals surface area contributed by atoms with Gasteiger partial charge < -0.3 is 19.5 Å². The van der Waals surface area contributed by atoms with Gasteiger partial charge in [0.15, 0.2) is 18.1 Å². The molecule has 28 heavy (non-hydrogen) atoms. The van der Waals surface area contributed by atoms with Crippen LogP contribution in [0.15, 0.2) is 18.2 Å². The van der Waals surface area contributed by atoms with Crippen molar-refractivity contribution in [3.63, 3.8) is 0 Å². The molecule has 3 rings (SSSR count). The largest absolute Gasteiger partial charge is 0.486 e. The molecule has 0 bridgehead atoms. The van der Waals surface area contributed by atoms with Crippen LogP contribution in [0, 0.1) is 6.92 Å². The molecule has 0 fully saturated rings. The molecule has 0 saturated carbocycles. The molecular formula is C19H22ClN3O5. The Morgan fingerprint density at radius 1 is 1.29 bits per heavy atom. The molecule has 1 aromatic heterocycles. The second-order valence-electron chi connectivity index (χ2n) is 6.31. The molecule has 8 nitrogen and oxygen atoms in total. The van der Waals surface area contributed by atoms with Crippen molar-refractivity contribution in [1.29, 1.82) is 0 Å². The molecule has 2 aromatic rings. The van der Waals surface area contributed by atoms with Gasteiger partial charge in [0.1, 0.15) is 23.9 Å². The van der Waals surface area contributed by atoms with E-state index < -0.39 is 18.5 Å². The lowest BCUT2D eigenvalue weighted by Gasteiger charge is -2.19. The zero-order valence-corrected chi connectivity index (χ0v) is 16.5. The Kier molecular flexibility index (Phi) is 6.41. The highest BCUT2D eigenvalue weighted by Crippen LogP contribution is 2.32. The monoisotopic (exact) mass is 407 g/mol. The Bertz CT molecular complexity index is 881. The van der Waals surface area contributed by atoms with Gasteiger partial charge in [-0.1, -0.05) is 24.9 Å². The summed E-state index contributed by atoms with van der Waals surface area (Å²) >= 11 is 6.25. The number of carbonyl (C=O) groups is 2. The van der Waals surface area contributed by atoms with Crippen LogP contribution < -0.4 is 14.8 Å². The fourth-order valence-corrected chi connectivity index (χ4v) is 3.10. The van der Waals surface area contributed by atoms with Crippen LogP contribution in [-0.4, -0.2) is 41.5 Å². The van der Waals surface area contributed by atoms with Crippen LogP contribution in [0.2, 0.25) is 5.15 Å². The van der Waals surface area contributed by atoms with Crippen molar-refractivity contribution in [3.05, 3.63) is 34.6 Å². The van der Waals surface area contributed by atoms with E-state index in [-0.39, 0.29) is 10.7 Å². The predicted octanol–water partition coefficient (Wildman–Crippen LogP) is 3.21. The van der Waals surface area contributed by atoms with Gasteiger partial charge in [0, 0.05) is 18.3 Å². The fourth-order valence-electron chi connectivity index (χ4n) is 2.76. The van der Waals surface area contributed by atoms with E-state index in [0.29, 0.717) is 42.6 Å². The smallest absolute Gasteiger partial charge is 0.343 e. The highest BCUT2D eigenvalue weighted by molar-refractivity contribution is 6.32. The first-order valence-electron chi connectivity index (χ1n) is 9.09. The van der Waals surface area contributed by atoms with Crippen molar-refractivity contribution in [3.8, 4) is 11.5 Å². The molecule has 1 aromatic carbocycles. The predicted molar refractivity (Wildman–Crippen MR) is 103 cm³/mol. The topological polar surface area (TPSA) is 91.7 Å². The molecule has 1 amide bonds. The van der Waals surface area contributed by atoms with Crippen LogP contribution in [0.4, 0.5) is 5.69 Å². The first kappa shape index (κ1) is 20.0. The summed E-state index contributed by atoms with van der Waals surface area (Å²) in [6, 6.07) is 5.06. The second-order valence-corrected chi connectivity index (χ2v) is 6.67. The van der Waals surface area contributed by atoms with Crippen LogP contribution in [0.3, 0.4) is 0 Å². The Labute approximate surface area is 167 Å². The maximum absolute atomic E-state index is 12.3. The quantitative estimate of drug-likeness (QED) is 0.708. The number of halogens is 1. The number of amides is 1. The zero-order valence-electron chi connectivity index (χ0n) is 15.8. The van der Waals surface area contributed by atoms with E-state index in [1.165, 1.54) is 0 Å². The lowest BCUT2D eigenvalue weighted by molar-refractivity contribution is -0.119. The number of unbranched alkanes of at least 4 members (excludes halogenated alkanes) is 1. The van der Waals surface area contributed by atoms with Crippen LogP contribution in [0.5, 0.6) is 11.5 Å². The highest BCUT2D eigenvalue weighted by Gasteiger charge is 2.22. The molecule has 0 atom stereocenters. The summed E-state index contributed by atoms with van der Waals surface area (Å²) in [6.07, 6.45) is 1.88. The van der Waals surface area contributed by atoms with Gasteiger partial charge >= 0.3 is 5.97 Å². The van der Waals surface area contributed by atoms with Crippen LogP contribution in [0.1, 0.15) is 35.8 Å². The van der Waals surface area contributed by atoms with Crippen molar-refractivity contribution in [1.82, 2.24) is 9.78 Å². The molecule has 0 unspecified atom stereocenters. The molecule has 1 aliphatic heterocycles. The number of esters is 1. The Balaban J connectivity index is 1.57. The first-order valence-corrected chi connectivity index (χ1v) is 9.47. The van der Waals surface area contributed by atoms with Crippen molar-refractivity contribution in [2.45, 2.75) is 33.2 Å². The SMILES string of the molecule is CCCCn1nc(C)c(C(=O)OCC(=O)Nc2ccc3c(c2)OCCO3)c1Cl. The molecule has 0 spiro atoms. The summed E-state index contributed by atoms with van der Waals surface area (Å²) in [5.74, 6) is 0.0311. The minimum Gasteiger partial charge on any atom is -0.486 e. The lowest BCUT2D eigenvalue weighted by atomic mass is 10.2. The number of aromatic nitrogens is 2. The molecule has 0 saturated heterocycles. The molecule has 150 valence electrons. The number of nitrogens with one attached hydrogen (secondary N) is 1. The number of rotatable bonds is 7. The van der Waals surface area contributed by atoms with Crippen molar-refractivity contribution < 1.29 is 23.8 Å². The van der Waals surface area contributed by atoms with Gasteiger partial charge in [0.25, 0.3) is 5.91 Å². The third-order valence-electron chi connectivity index (χ3n) is 4.15. The highest BCUT2D eigenvalue weighted by atomic mass is 35.5. The van der Waals surface area contributed by atoms with Crippen LogP contribution >= 0.6 is 11.6 Å². The maximum Gasteiger partial charge on any atom is 0.343 e. The third kappa shape index (κ3) is 4.56. The first-order chi connectivity index (χ1) is 13.5. The fraction of sp³-hybridized carbons (Fsp3) is 0.421. The summed E-state index contributed by atoms with van der Waals surface area (Å²) in [7, 11) is 0. The van der Waals surface area contributed by atoms with E-state index in [1.807, 2.05) is 0 Å². The molecule has 9 heteroatoms. The number of hydrogen-bond acceptors (Lipinski definition) is 6. The van der Waals surface area contributed by atoms with Gasteiger partial charge in [0.05, 0.1) is 5.69 Å². The average molecular weight is 408 g/mol. The minimum absolute atomic E-state index is 0.185. The molecule has 1 aliphatic rings. The summed E-state index contributed by atoms with van der Waals surface area (Å²) in [4.78, 5) is 24.5. The van der Waals surface area contributed by atoms with E-state index in [0.717, 1.165) is 12.8 Å². The number of nitrogens with zero attached hydrogens (tertiary/aromatic N) is 2. The number of anilines is 1. The summed E-state index contributed by atoms with van der Waals surface area (Å²) in [5.41, 5.74) is 1.18. The number of benzene rings is 1. The van der Waals surface area contributed by atoms with Gasteiger partial charge in [-0.3, -0.25) is 9.48 Å². The molecule has 0 aliphatic carbocycles. The Morgan fingerprint density at radius 2 is 2.04 bits per heavy atom. The molecule has 0 radical (unpaired) electrons. The van der Waals surface area contributed by atoms with Gasteiger partial charge in [-0.25, -0.2) is 4.79 Å². The number of carbonyl (C=O) groups excluding carboxylic acids is 2. The summed E-state index contributed by atoms with van der Waals surface area (Å²) in [5, 5.41) is 7.14. The zero-order chi connectivity index (χ0) is 20.1. The van der Waals surface area contributed by atoms with E-state index in [2.05, 4.69) is 17.3 Å². The summed E-state index contributed by atoms with van der Waals surface area (Å²) in [6.45, 7) is 4.86. The van der Waals surface area contributed by atoms with E-state index in [9.17, 15) is 9.59 Å². The summed E-state index contributed by atoms with van der Waals surface area (Å²) < 4.78 is 17.6. The number of aryl methyl sites for hydroxylation is 2. The average Bonchev–Trinajstić information content (AvgIpc) is 2.97. The van der Waals surface area contributed by atoms with Crippen LogP contribution in [-0.2, 0) is 16.1 Å². The van der Waals surface area contributed by atoms with E-state index in [1.54, 1.807) is 29.8 Å². The number of hydrogen-bond donors (Lipinski definition) is 1. The lowest BCUT2D eigenvalue weighted by Crippen LogP contribution is -2.21. The Hall–Kier alpha value is -2.74. The molecule has 2 heterocycles. The van der Waals surface area contributed by atoms with Gasteiger partial charge in [0.2, 0.25) is 0 Å². The van der Waals surface area contributed by atoms with Gasteiger partial charge in [-0.15, -0.1) is 0 Å². The second kappa shape index (κ2) is 8.97. The van der Waals surface area contributed by atoms with Gasteiger partial charge in [-0.05, 0) is 25.5 Å². The van der Waals surface area contributed by atoms with Gasteiger partial charge in [-0.2, -0.15) is 5.10 Å². The normalized spacial score (nSPS) is 12.5. The van der Waals surface area contributed by atoms with Crippen molar-refractivity contribution in [2.24, 2.45) is 0 Å². The number of fused-ring (bicyclic) bond motifs is 1. The molecular weight excluding hydrogens is 386 g/mol. The minimum atomic E-state index is -0.678. The van der Waals surface area contributed by atoms with Crippen molar-refractivity contribution in [2.75, 3.05) is 25.1 Å². The standard InChI is InChI=1S/C19H22ClN3O5/c1-3-4-7-23-18(20)17(12(2)22-23)19(25)28-11-16(24)21-13-5-6-14-15(10-13)27-9-8-26-14/h5-6,10H,3-4,7-9,11H2,1-2H3,(H,21,24). The maximum atomic E-state index is 12.3. The van der Waals surface area contributed by atoms with Crippen molar-refractivity contribution >= 4 is 29.2 Å². The Morgan fingerprint density at radius 3 is 2.79 bits per heavy atom. The third-order valence-corrected chi connectivity index (χ3v) is 4.54. The van der Waals surface area contributed by atoms with Crippen LogP contribution in [0.25, 0.3) is 0 Å².